The molecule has 0 aliphatic carbocycles. The maximum atomic E-state index is 11.6. The fraction of sp³-hybridized carbons (Fsp3) is 1.00. The van der Waals surface area contributed by atoms with E-state index in [9.17, 15) is 8.42 Å². The Kier molecular flexibility index (Phi) is 5.72. The van der Waals surface area contributed by atoms with Crippen LogP contribution < -0.4 is 15.2 Å². The van der Waals surface area contributed by atoms with Crippen molar-refractivity contribution in [3.63, 3.8) is 0 Å². The molecule has 6 heteroatoms. The SMILES string of the molecule is CCC(CCN)NS(=O)(=O)NC(C)(C)C. The van der Waals surface area contributed by atoms with Crippen LogP contribution in [-0.4, -0.2) is 26.5 Å². The summed E-state index contributed by atoms with van der Waals surface area (Å²) in [6.07, 6.45) is 1.39. The van der Waals surface area contributed by atoms with Gasteiger partial charge in [0.05, 0.1) is 0 Å². The Bertz CT molecular complexity index is 270. The van der Waals surface area contributed by atoms with Crippen LogP contribution in [0.1, 0.15) is 40.5 Å². The summed E-state index contributed by atoms with van der Waals surface area (Å²) >= 11 is 0. The maximum absolute atomic E-state index is 11.6. The molecule has 15 heavy (non-hydrogen) atoms. The van der Waals surface area contributed by atoms with Crippen LogP contribution in [0.3, 0.4) is 0 Å². The van der Waals surface area contributed by atoms with Crippen LogP contribution in [0.25, 0.3) is 0 Å². The fourth-order valence-electron chi connectivity index (χ4n) is 1.20. The Morgan fingerprint density at radius 3 is 2.20 bits per heavy atom. The topological polar surface area (TPSA) is 84.2 Å². The lowest BCUT2D eigenvalue weighted by molar-refractivity contribution is 0.465. The standard InChI is InChI=1S/C9H23N3O2S/c1-5-8(6-7-10)11-15(13,14)12-9(2,3)4/h8,11-12H,5-7,10H2,1-4H3. The summed E-state index contributed by atoms with van der Waals surface area (Å²) in [7, 11) is -3.43. The van der Waals surface area contributed by atoms with E-state index in [1.165, 1.54) is 0 Å². The first kappa shape index (κ1) is 14.8. The summed E-state index contributed by atoms with van der Waals surface area (Å²) in [6.45, 7) is 7.82. The van der Waals surface area contributed by atoms with Gasteiger partial charge in [-0.05, 0) is 40.2 Å². The lowest BCUT2D eigenvalue weighted by Gasteiger charge is -2.23. The van der Waals surface area contributed by atoms with Crippen LogP contribution in [0.15, 0.2) is 0 Å². The number of hydrogen-bond acceptors (Lipinski definition) is 3. The highest BCUT2D eigenvalue weighted by molar-refractivity contribution is 7.87. The van der Waals surface area contributed by atoms with E-state index in [2.05, 4.69) is 9.44 Å². The molecule has 5 nitrogen and oxygen atoms in total. The van der Waals surface area contributed by atoms with Gasteiger partial charge in [-0.15, -0.1) is 0 Å². The smallest absolute Gasteiger partial charge is 0.277 e. The Morgan fingerprint density at radius 2 is 1.87 bits per heavy atom. The van der Waals surface area contributed by atoms with E-state index >= 15 is 0 Å². The Hall–Kier alpha value is -0.170. The van der Waals surface area contributed by atoms with E-state index in [0.29, 0.717) is 13.0 Å². The first-order valence-corrected chi connectivity index (χ1v) is 6.70. The molecule has 0 bridgehead atoms. The molecular formula is C9H23N3O2S. The van der Waals surface area contributed by atoms with Crippen LogP contribution in [0, 0.1) is 0 Å². The minimum atomic E-state index is -3.43. The largest absolute Gasteiger partial charge is 0.330 e. The van der Waals surface area contributed by atoms with Crippen molar-refractivity contribution >= 4 is 10.2 Å². The van der Waals surface area contributed by atoms with Crippen molar-refractivity contribution in [1.82, 2.24) is 9.44 Å². The van der Waals surface area contributed by atoms with Gasteiger partial charge in [-0.2, -0.15) is 17.9 Å². The quantitative estimate of drug-likeness (QED) is 0.622. The van der Waals surface area contributed by atoms with Crippen molar-refractivity contribution in [3.05, 3.63) is 0 Å². The molecule has 0 aromatic heterocycles. The summed E-state index contributed by atoms with van der Waals surface area (Å²) in [5.41, 5.74) is 4.93. The van der Waals surface area contributed by atoms with Gasteiger partial charge in [0.25, 0.3) is 10.2 Å². The van der Waals surface area contributed by atoms with Gasteiger partial charge >= 0.3 is 0 Å². The monoisotopic (exact) mass is 237 g/mol. The van der Waals surface area contributed by atoms with Crippen LogP contribution in [0.4, 0.5) is 0 Å². The van der Waals surface area contributed by atoms with Crippen molar-refractivity contribution in [2.45, 2.75) is 52.1 Å². The van der Waals surface area contributed by atoms with Crippen LogP contribution in [-0.2, 0) is 10.2 Å². The van der Waals surface area contributed by atoms with Crippen molar-refractivity contribution in [1.29, 1.82) is 0 Å². The first-order valence-electron chi connectivity index (χ1n) is 5.21. The second-order valence-corrected chi connectivity index (χ2v) is 6.10. The Labute approximate surface area is 93.0 Å². The van der Waals surface area contributed by atoms with Crippen molar-refractivity contribution in [3.8, 4) is 0 Å². The number of hydrogen-bond donors (Lipinski definition) is 3. The number of nitrogens with two attached hydrogens (primary N) is 1. The molecule has 92 valence electrons. The average Bonchev–Trinajstić information content (AvgIpc) is 1.98. The molecule has 0 heterocycles. The molecule has 1 atom stereocenters. The van der Waals surface area contributed by atoms with Crippen LogP contribution in [0.5, 0.6) is 0 Å². The molecule has 0 spiro atoms. The highest BCUT2D eigenvalue weighted by atomic mass is 32.2. The molecule has 0 aliphatic rings. The summed E-state index contributed by atoms with van der Waals surface area (Å²) in [5.74, 6) is 0. The average molecular weight is 237 g/mol. The molecule has 0 rings (SSSR count). The zero-order valence-electron chi connectivity index (χ0n) is 10.0. The third-order valence-electron chi connectivity index (χ3n) is 1.77. The third kappa shape index (κ3) is 7.72. The Morgan fingerprint density at radius 1 is 1.33 bits per heavy atom. The summed E-state index contributed by atoms with van der Waals surface area (Å²) in [5, 5.41) is 0. The zero-order chi connectivity index (χ0) is 12.1. The van der Waals surface area contributed by atoms with Gasteiger partial charge in [-0.25, -0.2) is 0 Å². The van der Waals surface area contributed by atoms with Gasteiger partial charge in [0.2, 0.25) is 0 Å². The van der Waals surface area contributed by atoms with E-state index in [0.717, 1.165) is 6.42 Å². The van der Waals surface area contributed by atoms with E-state index < -0.39 is 15.7 Å². The second kappa shape index (κ2) is 5.79. The van der Waals surface area contributed by atoms with Crippen molar-refractivity contribution < 1.29 is 8.42 Å². The molecule has 0 aliphatic heterocycles. The zero-order valence-corrected chi connectivity index (χ0v) is 10.8. The molecule has 1 unspecified atom stereocenters. The van der Waals surface area contributed by atoms with Gasteiger partial charge in [0.15, 0.2) is 0 Å². The summed E-state index contributed by atoms with van der Waals surface area (Å²) in [4.78, 5) is 0. The lowest BCUT2D eigenvalue weighted by atomic mass is 10.1. The molecule has 0 saturated carbocycles. The van der Waals surface area contributed by atoms with Gasteiger partial charge in [-0.1, -0.05) is 6.92 Å². The predicted octanol–water partition coefficient (Wildman–Crippen LogP) is 0.336. The highest BCUT2D eigenvalue weighted by Crippen LogP contribution is 2.03. The molecule has 0 aromatic carbocycles. The summed E-state index contributed by atoms with van der Waals surface area (Å²) in [6, 6.07) is -0.0881. The molecule has 0 fully saturated rings. The minimum Gasteiger partial charge on any atom is -0.330 e. The number of nitrogens with one attached hydrogen (secondary N) is 2. The van der Waals surface area contributed by atoms with E-state index in [-0.39, 0.29) is 6.04 Å². The van der Waals surface area contributed by atoms with E-state index in [4.69, 9.17) is 5.73 Å². The minimum absolute atomic E-state index is 0.0881. The third-order valence-corrected chi connectivity index (χ3v) is 3.30. The Balaban J connectivity index is 4.36. The van der Waals surface area contributed by atoms with Crippen molar-refractivity contribution in [2.24, 2.45) is 5.73 Å². The predicted molar refractivity (Wildman–Crippen MR) is 62.7 cm³/mol. The molecule has 0 aromatic rings. The molecule has 0 saturated heterocycles. The molecular weight excluding hydrogens is 214 g/mol. The lowest BCUT2D eigenvalue weighted by Crippen LogP contribution is -2.50. The van der Waals surface area contributed by atoms with Crippen LogP contribution in [0.2, 0.25) is 0 Å². The van der Waals surface area contributed by atoms with E-state index in [1.807, 2.05) is 6.92 Å². The van der Waals surface area contributed by atoms with Gasteiger partial charge < -0.3 is 5.73 Å². The normalized spacial score (nSPS) is 15.3. The van der Waals surface area contributed by atoms with Gasteiger partial charge in [0, 0.05) is 11.6 Å². The molecule has 4 N–H and O–H groups in total. The maximum Gasteiger partial charge on any atom is 0.277 e. The van der Waals surface area contributed by atoms with Crippen LogP contribution >= 0.6 is 0 Å². The van der Waals surface area contributed by atoms with Crippen molar-refractivity contribution in [2.75, 3.05) is 6.54 Å². The fourth-order valence-corrected chi connectivity index (χ4v) is 2.79. The molecule has 0 amide bonds. The van der Waals surface area contributed by atoms with Gasteiger partial charge in [-0.3, -0.25) is 0 Å². The van der Waals surface area contributed by atoms with E-state index in [1.54, 1.807) is 20.8 Å². The number of rotatable bonds is 6. The first-order chi connectivity index (χ1) is 6.70. The second-order valence-electron chi connectivity index (χ2n) is 4.66. The van der Waals surface area contributed by atoms with Gasteiger partial charge in [0.1, 0.15) is 0 Å². The molecule has 0 radical (unpaired) electrons. The highest BCUT2D eigenvalue weighted by Gasteiger charge is 2.21. The summed E-state index contributed by atoms with van der Waals surface area (Å²) < 4.78 is 28.4.